The van der Waals surface area contributed by atoms with Crippen molar-refractivity contribution >= 4 is 63.4 Å². The summed E-state index contributed by atoms with van der Waals surface area (Å²) in [4.78, 5) is 20.4. The van der Waals surface area contributed by atoms with Crippen LogP contribution in [0.15, 0.2) is 42.6 Å². The maximum absolute atomic E-state index is 11.0. The van der Waals surface area contributed by atoms with Gasteiger partial charge in [0, 0.05) is 35.6 Å². The summed E-state index contributed by atoms with van der Waals surface area (Å²) in [6.07, 6.45) is 2.37. The summed E-state index contributed by atoms with van der Waals surface area (Å²) in [5.74, 6) is 2.04. The van der Waals surface area contributed by atoms with Crippen LogP contribution in [0, 0.1) is 6.92 Å². The van der Waals surface area contributed by atoms with E-state index in [0.717, 1.165) is 22.0 Å². The number of methoxy groups -OCH3 is 2. The van der Waals surface area contributed by atoms with E-state index in [1.807, 2.05) is 37.3 Å². The van der Waals surface area contributed by atoms with E-state index in [1.54, 1.807) is 19.3 Å². The summed E-state index contributed by atoms with van der Waals surface area (Å²) in [6, 6.07) is 11.0. The maximum atomic E-state index is 11.0. The molecule has 8 nitrogen and oxygen atoms in total. The molecule has 0 aliphatic heterocycles. The van der Waals surface area contributed by atoms with Crippen molar-refractivity contribution in [1.29, 1.82) is 0 Å². The lowest BCUT2D eigenvalue weighted by Gasteiger charge is -2.17. The number of rotatable bonds is 8. The zero-order valence-electron chi connectivity index (χ0n) is 19.5. The Morgan fingerprint density at radius 2 is 1.74 bits per heavy atom. The molecule has 0 unspecified atom stereocenters. The summed E-state index contributed by atoms with van der Waals surface area (Å²) >= 11 is 13.2. The Balaban J connectivity index is 1.84. The molecule has 2 aromatic heterocycles. The van der Waals surface area contributed by atoms with E-state index in [0.29, 0.717) is 56.5 Å². The number of ether oxygens (including phenoxy) is 2. The Morgan fingerprint density at radius 1 is 1.03 bits per heavy atom. The van der Waals surface area contributed by atoms with Gasteiger partial charge in [0.1, 0.15) is 23.1 Å². The van der Waals surface area contributed by atoms with Gasteiger partial charge in [-0.1, -0.05) is 35.3 Å². The van der Waals surface area contributed by atoms with Crippen molar-refractivity contribution in [2.24, 2.45) is 0 Å². The molecule has 0 atom stereocenters. The lowest BCUT2D eigenvalue weighted by Crippen LogP contribution is -2.03. The number of hydrogen-bond acceptors (Lipinski definition) is 7. The summed E-state index contributed by atoms with van der Waals surface area (Å²) in [5, 5.41) is 11.4. The molecule has 0 aliphatic rings. The molecule has 0 radical (unpaired) electrons. The number of fused-ring (bicyclic) bond motifs is 1. The highest BCUT2D eigenvalue weighted by molar-refractivity contribution is 6.41. The number of halogens is 2. The minimum Gasteiger partial charge on any atom is -0.495 e. The highest BCUT2D eigenvalue weighted by atomic mass is 35.5. The molecule has 0 spiro atoms. The average molecular weight is 512 g/mol. The van der Waals surface area contributed by atoms with Crippen molar-refractivity contribution in [3.05, 3.63) is 58.2 Å². The second-order valence-electron chi connectivity index (χ2n) is 7.57. The second-order valence-corrected chi connectivity index (χ2v) is 8.32. The van der Waals surface area contributed by atoms with E-state index in [4.69, 9.17) is 37.7 Å². The Labute approximate surface area is 212 Å². The number of benzene rings is 2. The lowest BCUT2D eigenvalue weighted by atomic mass is 10.1. The first kappa shape index (κ1) is 24.4. The molecule has 4 aromatic rings. The number of pyridine rings is 2. The van der Waals surface area contributed by atoms with Crippen molar-refractivity contribution in [3.8, 4) is 22.8 Å². The van der Waals surface area contributed by atoms with Gasteiger partial charge in [-0.25, -0.2) is 9.97 Å². The number of para-hydroxylation sites is 1. The first-order valence-electron chi connectivity index (χ1n) is 10.6. The average Bonchev–Trinajstić information content (AvgIpc) is 2.86. The van der Waals surface area contributed by atoms with Crippen LogP contribution in [0.4, 0.5) is 23.0 Å². The van der Waals surface area contributed by atoms with E-state index in [1.165, 1.54) is 14.2 Å². The van der Waals surface area contributed by atoms with Crippen molar-refractivity contribution in [2.75, 3.05) is 37.2 Å². The molecule has 2 heterocycles. The lowest BCUT2D eigenvalue weighted by molar-refractivity contribution is -0.105. The van der Waals surface area contributed by atoms with Gasteiger partial charge >= 0.3 is 0 Å². The number of hydrogen-bond donors (Lipinski definition) is 3. The monoisotopic (exact) mass is 511 g/mol. The molecule has 0 aliphatic carbocycles. The highest BCUT2D eigenvalue weighted by Gasteiger charge is 2.21. The zero-order chi connectivity index (χ0) is 25.1. The van der Waals surface area contributed by atoms with Gasteiger partial charge in [0.2, 0.25) is 6.41 Å². The van der Waals surface area contributed by atoms with Gasteiger partial charge in [-0.2, -0.15) is 0 Å². The van der Waals surface area contributed by atoms with Crippen molar-refractivity contribution < 1.29 is 14.3 Å². The molecule has 0 saturated carbocycles. The van der Waals surface area contributed by atoms with Crippen LogP contribution >= 0.6 is 23.2 Å². The number of nitrogens with zero attached hydrogens (tertiary/aromatic N) is 2. The number of aryl methyl sites for hydroxylation is 1. The Kier molecular flexibility index (Phi) is 7.14. The van der Waals surface area contributed by atoms with Gasteiger partial charge in [0.05, 0.1) is 41.3 Å². The summed E-state index contributed by atoms with van der Waals surface area (Å²) < 4.78 is 10.8. The molecule has 35 heavy (non-hydrogen) atoms. The van der Waals surface area contributed by atoms with Crippen LogP contribution < -0.4 is 25.4 Å². The van der Waals surface area contributed by atoms with Crippen molar-refractivity contribution in [3.63, 3.8) is 0 Å². The van der Waals surface area contributed by atoms with Gasteiger partial charge in [0.15, 0.2) is 0 Å². The molecular formula is C25H23Cl2N5O3. The Hall–Kier alpha value is -3.75. The molecule has 0 bridgehead atoms. The molecule has 180 valence electrons. The van der Waals surface area contributed by atoms with Crippen molar-refractivity contribution in [1.82, 2.24) is 9.97 Å². The third-order valence-electron chi connectivity index (χ3n) is 5.52. The third kappa shape index (κ3) is 4.62. The quantitative estimate of drug-likeness (QED) is 0.239. The fourth-order valence-electron chi connectivity index (χ4n) is 3.79. The molecular weight excluding hydrogens is 489 g/mol. The number of aromatic nitrogens is 2. The van der Waals surface area contributed by atoms with Gasteiger partial charge in [0.25, 0.3) is 0 Å². The van der Waals surface area contributed by atoms with Crippen LogP contribution in [0.1, 0.15) is 5.56 Å². The minimum absolute atomic E-state index is 0.327. The Morgan fingerprint density at radius 3 is 2.37 bits per heavy atom. The summed E-state index contributed by atoms with van der Waals surface area (Å²) in [6.45, 7) is 1.95. The smallest absolute Gasteiger partial charge is 0.211 e. The highest BCUT2D eigenvalue weighted by Crippen LogP contribution is 2.46. The standard InChI is InChI=1S/C25H23Cl2N5O3/c1-13-6-5-7-16(30-12-33)24(13)32-20-9-15-14(11-29-20)8-17(31-25(15)28-2)21-22(26)18(34-3)10-19(35-4)23(21)27/h5-12H,1-4H3,(H,28,31)(H,29,32)(H,30,33). The molecule has 10 heteroatoms. The number of nitrogens with one attached hydrogen (secondary N) is 3. The zero-order valence-corrected chi connectivity index (χ0v) is 21.0. The first-order valence-corrected chi connectivity index (χ1v) is 11.3. The number of carbonyl (C=O) groups excluding carboxylic acids is 1. The number of anilines is 4. The molecule has 3 N–H and O–H groups in total. The predicted molar refractivity (Wildman–Crippen MR) is 142 cm³/mol. The fraction of sp³-hybridized carbons (Fsp3) is 0.160. The van der Waals surface area contributed by atoms with Gasteiger partial charge in [-0.3, -0.25) is 4.79 Å². The number of amides is 1. The van der Waals surface area contributed by atoms with E-state index in [9.17, 15) is 4.79 Å². The van der Waals surface area contributed by atoms with Crippen LogP contribution in [-0.4, -0.2) is 37.6 Å². The van der Waals surface area contributed by atoms with Gasteiger partial charge in [-0.15, -0.1) is 0 Å². The van der Waals surface area contributed by atoms with E-state index in [2.05, 4.69) is 20.9 Å². The topological polar surface area (TPSA) is 97.4 Å². The van der Waals surface area contributed by atoms with Crippen LogP contribution in [0.25, 0.3) is 22.0 Å². The minimum atomic E-state index is 0.327. The molecule has 0 fully saturated rings. The Bertz CT molecular complexity index is 1400. The van der Waals surface area contributed by atoms with Gasteiger partial charge < -0.3 is 25.4 Å². The SMILES string of the molecule is CNc1nc(-c2c(Cl)c(OC)cc(OC)c2Cl)cc2cnc(Nc3c(C)cccc3NC=O)cc12. The van der Waals surface area contributed by atoms with Crippen LogP contribution in [0.2, 0.25) is 10.0 Å². The summed E-state index contributed by atoms with van der Waals surface area (Å²) in [7, 11) is 4.82. The van der Waals surface area contributed by atoms with Gasteiger partial charge in [-0.05, 0) is 30.7 Å². The second kappa shape index (κ2) is 10.2. The van der Waals surface area contributed by atoms with Crippen LogP contribution in [-0.2, 0) is 4.79 Å². The van der Waals surface area contributed by atoms with E-state index < -0.39 is 0 Å². The van der Waals surface area contributed by atoms with E-state index >= 15 is 0 Å². The van der Waals surface area contributed by atoms with Crippen molar-refractivity contribution in [2.45, 2.75) is 6.92 Å². The largest absolute Gasteiger partial charge is 0.495 e. The first-order chi connectivity index (χ1) is 16.9. The maximum Gasteiger partial charge on any atom is 0.211 e. The van der Waals surface area contributed by atoms with E-state index in [-0.39, 0.29) is 0 Å². The molecule has 4 rings (SSSR count). The normalized spacial score (nSPS) is 10.7. The third-order valence-corrected chi connectivity index (χ3v) is 6.27. The molecule has 1 amide bonds. The predicted octanol–water partition coefficient (Wildman–Crippen LogP) is 6.28. The molecule has 2 aromatic carbocycles. The fourth-order valence-corrected chi connectivity index (χ4v) is 4.48. The summed E-state index contributed by atoms with van der Waals surface area (Å²) in [5.41, 5.74) is 3.39. The molecule has 0 saturated heterocycles. The van der Waals surface area contributed by atoms with Crippen LogP contribution in [0.5, 0.6) is 11.5 Å². The van der Waals surface area contributed by atoms with Crippen LogP contribution in [0.3, 0.4) is 0 Å². The number of carbonyl (C=O) groups is 1.